The number of carbonyl (C=O) groups excluding carboxylic acids is 2. The third-order valence-corrected chi connectivity index (χ3v) is 4.81. The predicted molar refractivity (Wildman–Crippen MR) is 115 cm³/mol. The van der Waals surface area contributed by atoms with Crippen LogP contribution >= 0.6 is 0 Å². The SMILES string of the molecule is CCCCCCc1ccc(C(=O)NNC(=O)c2nn(-c3ccccc3)nc2C)cc1. The van der Waals surface area contributed by atoms with Gasteiger partial charge in [0.25, 0.3) is 11.8 Å². The Morgan fingerprint density at radius 3 is 2.27 bits per heavy atom. The molecule has 156 valence electrons. The first-order chi connectivity index (χ1) is 14.6. The monoisotopic (exact) mass is 405 g/mol. The summed E-state index contributed by atoms with van der Waals surface area (Å²) in [6.45, 7) is 3.89. The normalized spacial score (nSPS) is 10.6. The second-order valence-corrected chi connectivity index (χ2v) is 7.17. The van der Waals surface area contributed by atoms with E-state index in [0.717, 1.165) is 18.5 Å². The standard InChI is InChI=1S/C23H27N5O2/c1-3-4-5-7-10-18-13-15-19(16-14-18)22(29)24-25-23(30)21-17(2)26-28(27-21)20-11-8-6-9-12-20/h6,8-9,11-16H,3-5,7,10H2,1-2H3,(H,24,29)(H,25,30). The number of carbonyl (C=O) groups is 2. The Bertz CT molecular complexity index is 981. The smallest absolute Gasteiger partial charge is 0.267 e. The number of hydrogen-bond donors (Lipinski definition) is 2. The molecule has 0 saturated carbocycles. The fourth-order valence-electron chi connectivity index (χ4n) is 3.09. The Labute approximate surface area is 176 Å². The zero-order valence-electron chi connectivity index (χ0n) is 17.4. The molecule has 1 heterocycles. The van der Waals surface area contributed by atoms with Crippen molar-refractivity contribution < 1.29 is 9.59 Å². The molecule has 7 heteroatoms. The van der Waals surface area contributed by atoms with Crippen LogP contribution in [0.3, 0.4) is 0 Å². The Morgan fingerprint density at radius 2 is 1.57 bits per heavy atom. The number of aromatic nitrogens is 3. The number of unbranched alkanes of at least 4 members (excludes halogenated alkanes) is 3. The van der Waals surface area contributed by atoms with Gasteiger partial charge in [-0.15, -0.1) is 5.10 Å². The van der Waals surface area contributed by atoms with Crippen molar-refractivity contribution in [3.63, 3.8) is 0 Å². The Balaban J connectivity index is 1.54. The Morgan fingerprint density at radius 1 is 0.867 bits per heavy atom. The van der Waals surface area contributed by atoms with Gasteiger partial charge in [-0.3, -0.25) is 20.4 Å². The van der Waals surface area contributed by atoms with Crippen molar-refractivity contribution in [1.29, 1.82) is 0 Å². The van der Waals surface area contributed by atoms with E-state index in [1.807, 2.05) is 42.5 Å². The molecule has 2 N–H and O–H groups in total. The molecule has 3 rings (SSSR count). The molecule has 0 unspecified atom stereocenters. The molecule has 0 aliphatic rings. The summed E-state index contributed by atoms with van der Waals surface area (Å²) < 4.78 is 0. The van der Waals surface area contributed by atoms with E-state index in [1.54, 1.807) is 19.1 Å². The molecule has 0 bridgehead atoms. The summed E-state index contributed by atoms with van der Waals surface area (Å²) in [5.74, 6) is -0.899. The minimum Gasteiger partial charge on any atom is -0.267 e. The van der Waals surface area contributed by atoms with E-state index < -0.39 is 5.91 Å². The van der Waals surface area contributed by atoms with Crippen LogP contribution in [0.5, 0.6) is 0 Å². The first-order valence-electron chi connectivity index (χ1n) is 10.3. The van der Waals surface area contributed by atoms with Crippen LogP contribution in [-0.4, -0.2) is 26.8 Å². The molecule has 0 aliphatic carbocycles. The van der Waals surface area contributed by atoms with E-state index >= 15 is 0 Å². The molecule has 0 radical (unpaired) electrons. The highest BCUT2D eigenvalue weighted by atomic mass is 16.2. The Kier molecular flexibility index (Phi) is 7.32. The summed E-state index contributed by atoms with van der Waals surface area (Å²) in [7, 11) is 0. The molecule has 3 aromatic rings. The van der Waals surface area contributed by atoms with Crippen LogP contribution in [0.1, 0.15) is 64.7 Å². The highest BCUT2D eigenvalue weighted by Crippen LogP contribution is 2.10. The van der Waals surface area contributed by atoms with Crippen molar-refractivity contribution >= 4 is 11.8 Å². The van der Waals surface area contributed by atoms with E-state index in [2.05, 4.69) is 28.0 Å². The second kappa shape index (κ2) is 10.3. The van der Waals surface area contributed by atoms with Crippen LogP contribution in [-0.2, 0) is 6.42 Å². The summed E-state index contributed by atoms with van der Waals surface area (Å²) in [5, 5.41) is 8.49. The molecule has 7 nitrogen and oxygen atoms in total. The molecule has 0 fully saturated rings. The van der Waals surface area contributed by atoms with Crippen molar-refractivity contribution in [3.05, 3.63) is 77.1 Å². The minimum absolute atomic E-state index is 0.154. The summed E-state index contributed by atoms with van der Waals surface area (Å²) in [5.41, 5.74) is 7.91. The third kappa shape index (κ3) is 5.53. The van der Waals surface area contributed by atoms with Gasteiger partial charge in [-0.05, 0) is 49.6 Å². The first kappa shape index (κ1) is 21.2. The fourth-order valence-corrected chi connectivity index (χ4v) is 3.09. The molecule has 2 aromatic carbocycles. The molecule has 0 atom stereocenters. The molecule has 1 aromatic heterocycles. The van der Waals surface area contributed by atoms with Gasteiger partial charge < -0.3 is 0 Å². The van der Waals surface area contributed by atoms with Gasteiger partial charge in [0, 0.05) is 5.56 Å². The lowest BCUT2D eigenvalue weighted by atomic mass is 10.0. The van der Waals surface area contributed by atoms with Gasteiger partial charge in [0.15, 0.2) is 5.69 Å². The number of hydrogen-bond acceptors (Lipinski definition) is 4. The van der Waals surface area contributed by atoms with Crippen LogP contribution in [0.2, 0.25) is 0 Å². The zero-order valence-corrected chi connectivity index (χ0v) is 17.4. The predicted octanol–water partition coefficient (Wildman–Crippen LogP) is 3.77. The van der Waals surface area contributed by atoms with Crippen molar-refractivity contribution in [1.82, 2.24) is 25.8 Å². The van der Waals surface area contributed by atoms with Crippen LogP contribution in [0.4, 0.5) is 0 Å². The maximum atomic E-state index is 12.4. The van der Waals surface area contributed by atoms with E-state index in [0.29, 0.717) is 11.3 Å². The molecule has 2 amide bonds. The number of aryl methyl sites for hydroxylation is 2. The van der Waals surface area contributed by atoms with E-state index in [9.17, 15) is 9.59 Å². The fraction of sp³-hybridized carbons (Fsp3) is 0.304. The lowest BCUT2D eigenvalue weighted by molar-refractivity contribution is 0.0843. The van der Waals surface area contributed by atoms with Gasteiger partial charge in [0.05, 0.1) is 11.4 Å². The van der Waals surface area contributed by atoms with Gasteiger partial charge >= 0.3 is 0 Å². The number of rotatable bonds is 8. The van der Waals surface area contributed by atoms with Crippen molar-refractivity contribution in [2.24, 2.45) is 0 Å². The highest BCUT2D eigenvalue weighted by Gasteiger charge is 2.17. The number of nitrogens with one attached hydrogen (secondary N) is 2. The van der Waals surface area contributed by atoms with Crippen LogP contribution < -0.4 is 10.9 Å². The lowest BCUT2D eigenvalue weighted by Crippen LogP contribution is -2.42. The lowest BCUT2D eigenvalue weighted by Gasteiger charge is -2.07. The third-order valence-electron chi connectivity index (χ3n) is 4.81. The Hall–Kier alpha value is -3.48. The largest absolute Gasteiger partial charge is 0.292 e. The number of hydrazine groups is 1. The molecule has 0 aliphatic heterocycles. The van der Waals surface area contributed by atoms with Crippen LogP contribution in [0.15, 0.2) is 54.6 Å². The number of nitrogens with zero attached hydrogens (tertiary/aromatic N) is 3. The second-order valence-electron chi connectivity index (χ2n) is 7.17. The number of amides is 2. The summed E-state index contributed by atoms with van der Waals surface area (Å²) >= 11 is 0. The molecule has 0 spiro atoms. The van der Waals surface area contributed by atoms with Gasteiger partial charge in [0.2, 0.25) is 0 Å². The summed E-state index contributed by atoms with van der Waals surface area (Å²) in [6.07, 6.45) is 5.85. The molecular formula is C23H27N5O2. The van der Waals surface area contributed by atoms with Crippen molar-refractivity contribution in [3.8, 4) is 5.69 Å². The van der Waals surface area contributed by atoms with Gasteiger partial charge in [0.1, 0.15) is 0 Å². The maximum Gasteiger partial charge on any atom is 0.292 e. The topological polar surface area (TPSA) is 88.9 Å². The molecular weight excluding hydrogens is 378 g/mol. The quantitative estimate of drug-likeness (QED) is 0.441. The van der Waals surface area contributed by atoms with Gasteiger partial charge in [-0.1, -0.05) is 56.5 Å². The average Bonchev–Trinajstić information content (AvgIpc) is 3.17. The maximum absolute atomic E-state index is 12.4. The molecule has 30 heavy (non-hydrogen) atoms. The van der Waals surface area contributed by atoms with E-state index in [4.69, 9.17) is 0 Å². The average molecular weight is 406 g/mol. The highest BCUT2D eigenvalue weighted by molar-refractivity contribution is 5.98. The minimum atomic E-state index is -0.518. The van der Waals surface area contributed by atoms with E-state index in [-0.39, 0.29) is 11.6 Å². The van der Waals surface area contributed by atoms with Crippen LogP contribution in [0.25, 0.3) is 5.69 Å². The summed E-state index contributed by atoms with van der Waals surface area (Å²) in [4.78, 5) is 26.2. The first-order valence-corrected chi connectivity index (χ1v) is 10.3. The summed E-state index contributed by atoms with van der Waals surface area (Å²) in [6, 6.07) is 16.8. The number of para-hydroxylation sites is 1. The van der Waals surface area contributed by atoms with Crippen LogP contribution in [0, 0.1) is 6.92 Å². The van der Waals surface area contributed by atoms with Gasteiger partial charge in [-0.2, -0.15) is 9.90 Å². The molecule has 0 saturated heterocycles. The van der Waals surface area contributed by atoms with E-state index in [1.165, 1.54) is 29.6 Å². The number of benzene rings is 2. The zero-order chi connectivity index (χ0) is 21.3. The van der Waals surface area contributed by atoms with Crippen molar-refractivity contribution in [2.75, 3.05) is 0 Å². The van der Waals surface area contributed by atoms with Crippen molar-refractivity contribution in [2.45, 2.75) is 46.0 Å². The van der Waals surface area contributed by atoms with Gasteiger partial charge in [-0.25, -0.2) is 0 Å².